The van der Waals surface area contributed by atoms with Crippen LogP contribution in [0.3, 0.4) is 0 Å². The molecular formula is C11H13IN2O2. The molecule has 2 rings (SSSR count). The fourth-order valence-corrected chi connectivity index (χ4v) is 1.67. The Morgan fingerprint density at radius 2 is 2.19 bits per heavy atom. The SMILES string of the molecule is CN(C)C(=O)c1nc(I)ccc1OC1CC1. The van der Waals surface area contributed by atoms with Crippen molar-refractivity contribution >= 4 is 28.5 Å². The highest BCUT2D eigenvalue weighted by atomic mass is 127. The number of aromatic nitrogens is 1. The van der Waals surface area contributed by atoms with Gasteiger partial charge < -0.3 is 9.64 Å². The number of ether oxygens (including phenoxy) is 1. The van der Waals surface area contributed by atoms with E-state index in [1.54, 1.807) is 14.1 Å². The third-order valence-electron chi connectivity index (χ3n) is 2.25. The first-order valence-electron chi connectivity index (χ1n) is 5.13. The van der Waals surface area contributed by atoms with Crippen molar-refractivity contribution < 1.29 is 9.53 Å². The topological polar surface area (TPSA) is 42.4 Å². The lowest BCUT2D eigenvalue weighted by atomic mass is 10.3. The van der Waals surface area contributed by atoms with Crippen LogP contribution in [-0.2, 0) is 0 Å². The van der Waals surface area contributed by atoms with Crippen molar-refractivity contribution in [3.63, 3.8) is 0 Å². The van der Waals surface area contributed by atoms with Crippen LogP contribution in [0, 0.1) is 3.70 Å². The van der Waals surface area contributed by atoms with E-state index in [4.69, 9.17) is 4.74 Å². The molecule has 4 nitrogen and oxygen atoms in total. The molecule has 1 heterocycles. The summed E-state index contributed by atoms with van der Waals surface area (Å²) in [5.74, 6) is 0.482. The first-order valence-corrected chi connectivity index (χ1v) is 6.20. The minimum Gasteiger partial charge on any atom is -0.488 e. The minimum absolute atomic E-state index is 0.117. The Morgan fingerprint density at radius 3 is 2.75 bits per heavy atom. The molecule has 5 heteroatoms. The van der Waals surface area contributed by atoms with E-state index < -0.39 is 0 Å². The summed E-state index contributed by atoms with van der Waals surface area (Å²) in [6, 6.07) is 3.68. The number of rotatable bonds is 3. The third-order valence-corrected chi connectivity index (χ3v) is 2.85. The molecule has 1 saturated carbocycles. The van der Waals surface area contributed by atoms with Gasteiger partial charge in [0.15, 0.2) is 11.4 Å². The van der Waals surface area contributed by atoms with Crippen LogP contribution in [0.4, 0.5) is 0 Å². The van der Waals surface area contributed by atoms with E-state index in [0.29, 0.717) is 11.4 Å². The molecule has 1 aliphatic rings. The van der Waals surface area contributed by atoms with Crippen molar-refractivity contribution in [1.29, 1.82) is 0 Å². The fraction of sp³-hybridized carbons (Fsp3) is 0.455. The Kier molecular flexibility index (Phi) is 3.32. The molecule has 0 aliphatic heterocycles. The molecule has 1 amide bonds. The zero-order valence-corrected chi connectivity index (χ0v) is 11.4. The molecule has 1 aromatic heterocycles. The van der Waals surface area contributed by atoms with Crippen molar-refractivity contribution in [2.45, 2.75) is 18.9 Å². The average Bonchev–Trinajstić information content (AvgIpc) is 3.03. The van der Waals surface area contributed by atoms with Crippen LogP contribution in [0.1, 0.15) is 23.3 Å². The van der Waals surface area contributed by atoms with Gasteiger partial charge in [0.25, 0.3) is 5.91 Å². The molecule has 16 heavy (non-hydrogen) atoms. The van der Waals surface area contributed by atoms with E-state index in [-0.39, 0.29) is 12.0 Å². The predicted molar refractivity (Wildman–Crippen MR) is 68.6 cm³/mol. The van der Waals surface area contributed by atoms with Gasteiger partial charge in [-0.05, 0) is 47.6 Å². The Labute approximate surface area is 108 Å². The van der Waals surface area contributed by atoms with Gasteiger partial charge in [-0.2, -0.15) is 0 Å². The molecule has 1 fully saturated rings. The van der Waals surface area contributed by atoms with Gasteiger partial charge in [0.2, 0.25) is 0 Å². The van der Waals surface area contributed by atoms with Crippen LogP contribution in [0.15, 0.2) is 12.1 Å². The second-order valence-electron chi connectivity index (χ2n) is 4.00. The maximum absolute atomic E-state index is 11.9. The highest BCUT2D eigenvalue weighted by molar-refractivity contribution is 14.1. The van der Waals surface area contributed by atoms with Crippen molar-refractivity contribution in [2.75, 3.05) is 14.1 Å². The fourth-order valence-electron chi connectivity index (χ4n) is 1.25. The summed E-state index contributed by atoms with van der Waals surface area (Å²) in [5, 5.41) is 0. The van der Waals surface area contributed by atoms with Gasteiger partial charge in [-0.25, -0.2) is 4.98 Å². The summed E-state index contributed by atoms with van der Waals surface area (Å²) < 4.78 is 6.47. The van der Waals surface area contributed by atoms with Crippen LogP contribution in [0.2, 0.25) is 0 Å². The van der Waals surface area contributed by atoms with Crippen molar-refractivity contribution in [1.82, 2.24) is 9.88 Å². The van der Waals surface area contributed by atoms with Gasteiger partial charge in [0, 0.05) is 14.1 Å². The van der Waals surface area contributed by atoms with Crippen molar-refractivity contribution in [2.24, 2.45) is 0 Å². The summed E-state index contributed by atoms with van der Waals surface area (Å²) >= 11 is 2.09. The predicted octanol–water partition coefficient (Wildman–Crippen LogP) is 1.93. The molecule has 86 valence electrons. The first kappa shape index (κ1) is 11.6. The number of hydrogen-bond donors (Lipinski definition) is 0. The standard InChI is InChI=1S/C11H13IN2O2/c1-14(2)11(15)10-8(16-7-3-4-7)5-6-9(12)13-10/h5-7H,3-4H2,1-2H3. The van der Waals surface area contributed by atoms with E-state index in [9.17, 15) is 4.79 Å². The van der Waals surface area contributed by atoms with E-state index >= 15 is 0 Å². The Bertz CT molecular complexity index is 416. The summed E-state index contributed by atoms with van der Waals surface area (Å²) in [6.07, 6.45) is 2.42. The van der Waals surface area contributed by atoms with E-state index in [1.165, 1.54) is 4.90 Å². The molecule has 0 spiro atoms. The Hall–Kier alpha value is -0.850. The van der Waals surface area contributed by atoms with E-state index in [0.717, 1.165) is 16.5 Å². The molecule has 0 saturated heterocycles. The van der Waals surface area contributed by atoms with Gasteiger partial charge in [0.1, 0.15) is 3.70 Å². The maximum atomic E-state index is 11.9. The van der Waals surface area contributed by atoms with Crippen molar-refractivity contribution in [3.05, 3.63) is 21.5 Å². The van der Waals surface area contributed by atoms with Gasteiger partial charge in [-0.3, -0.25) is 4.79 Å². The molecule has 0 atom stereocenters. The van der Waals surface area contributed by atoms with Crippen LogP contribution >= 0.6 is 22.6 Å². The lowest BCUT2D eigenvalue weighted by Crippen LogP contribution is -2.24. The molecule has 0 radical (unpaired) electrons. The highest BCUT2D eigenvalue weighted by Gasteiger charge is 2.26. The van der Waals surface area contributed by atoms with E-state index in [1.807, 2.05) is 12.1 Å². The lowest BCUT2D eigenvalue weighted by molar-refractivity contribution is 0.0816. The second-order valence-corrected chi connectivity index (χ2v) is 5.10. The Balaban J connectivity index is 2.30. The van der Waals surface area contributed by atoms with Gasteiger partial charge in [-0.1, -0.05) is 0 Å². The maximum Gasteiger partial charge on any atom is 0.275 e. The van der Waals surface area contributed by atoms with Crippen LogP contribution in [0.5, 0.6) is 5.75 Å². The van der Waals surface area contributed by atoms with Gasteiger partial charge in [-0.15, -0.1) is 0 Å². The highest BCUT2D eigenvalue weighted by Crippen LogP contribution is 2.29. The van der Waals surface area contributed by atoms with Crippen LogP contribution in [0.25, 0.3) is 0 Å². The Morgan fingerprint density at radius 1 is 1.50 bits per heavy atom. The molecule has 0 aromatic carbocycles. The summed E-state index contributed by atoms with van der Waals surface area (Å²) in [5.41, 5.74) is 0.406. The van der Waals surface area contributed by atoms with Crippen LogP contribution in [-0.4, -0.2) is 36.0 Å². The molecule has 0 bridgehead atoms. The van der Waals surface area contributed by atoms with Crippen molar-refractivity contribution in [3.8, 4) is 5.75 Å². The molecule has 0 unspecified atom stereocenters. The molecule has 1 aromatic rings. The zero-order valence-electron chi connectivity index (χ0n) is 9.24. The summed E-state index contributed by atoms with van der Waals surface area (Å²) in [7, 11) is 3.43. The lowest BCUT2D eigenvalue weighted by Gasteiger charge is -2.13. The minimum atomic E-state index is -0.117. The third kappa shape index (κ3) is 2.63. The van der Waals surface area contributed by atoms with Gasteiger partial charge >= 0.3 is 0 Å². The quantitative estimate of drug-likeness (QED) is 0.627. The zero-order chi connectivity index (χ0) is 11.7. The number of pyridine rings is 1. The summed E-state index contributed by atoms with van der Waals surface area (Å²) in [4.78, 5) is 17.7. The van der Waals surface area contributed by atoms with Crippen LogP contribution < -0.4 is 4.74 Å². The monoisotopic (exact) mass is 332 g/mol. The normalized spacial score (nSPS) is 14.7. The number of nitrogens with zero attached hydrogens (tertiary/aromatic N) is 2. The number of hydrogen-bond acceptors (Lipinski definition) is 3. The molecular weight excluding hydrogens is 319 g/mol. The number of carbonyl (C=O) groups is 1. The summed E-state index contributed by atoms with van der Waals surface area (Å²) in [6.45, 7) is 0. The number of carbonyl (C=O) groups excluding carboxylic acids is 1. The van der Waals surface area contributed by atoms with E-state index in [2.05, 4.69) is 27.6 Å². The van der Waals surface area contributed by atoms with Gasteiger partial charge in [0.05, 0.1) is 6.10 Å². The second kappa shape index (κ2) is 4.57. The smallest absolute Gasteiger partial charge is 0.275 e. The largest absolute Gasteiger partial charge is 0.488 e. The average molecular weight is 332 g/mol. The number of halogens is 1. The number of amides is 1. The molecule has 1 aliphatic carbocycles. The molecule has 0 N–H and O–H groups in total. The first-order chi connectivity index (χ1) is 7.58.